The van der Waals surface area contributed by atoms with E-state index in [1.807, 2.05) is 0 Å². The van der Waals surface area contributed by atoms with E-state index in [0.717, 1.165) is 0 Å². The quantitative estimate of drug-likeness (QED) is 0.476. The number of ether oxygens (including phenoxy) is 2. The van der Waals surface area contributed by atoms with Crippen LogP contribution in [-0.4, -0.2) is 24.2 Å². The molecule has 1 aliphatic rings. The fraction of sp³-hybridized carbons (Fsp3) is 0.333. The Balaban J connectivity index is 2.24. The van der Waals surface area contributed by atoms with Gasteiger partial charge in [0, 0.05) is 12.1 Å². The van der Waals surface area contributed by atoms with Gasteiger partial charge in [0.25, 0.3) is 0 Å². The van der Waals surface area contributed by atoms with E-state index in [-0.39, 0.29) is 34.2 Å². The Morgan fingerprint density at radius 2 is 2.12 bits per heavy atom. The molecule has 1 atom stereocenters. The number of nitrogens with zero attached hydrogens (tertiary/aromatic N) is 1. The van der Waals surface area contributed by atoms with Gasteiger partial charge in [0.05, 0.1) is 21.6 Å². The van der Waals surface area contributed by atoms with Crippen molar-refractivity contribution >= 4 is 28.9 Å². The number of benzene rings is 1. The molecule has 5 nitrogen and oxygen atoms in total. The summed E-state index contributed by atoms with van der Waals surface area (Å²) in [4.78, 5) is 10.2. The lowest BCUT2D eigenvalue weighted by Crippen LogP contribution is -2.05. The Kier molecular flexibility index (Phi) is 3.18. The number of hydrogen-bond donors (Lipinski definition) is 0. The Labute approximate surface area is 101 Å². The van der Waals surface area contributed by atoms with E-state index in [0.29, 0.717) is 6.61 Å². The summed E-state index contributed by atoms with van der Waals surface area (Å²) in [7, 11) is 0. The van der Waals surface area contributed by atoms with E-state index in [1.54, 1.807) is 0 Å². The van der Waals surface area contributed by atoms with Gasteiger partial charge in [-0.3, -0.25) is 10.1 Å². The van der Waals surface area contributed by atoms with Crippen LogP contribution in [0.25, 0.3) is 0 Å². The van der Waals surface area contributed by atoms with Crippen LogP contribution in [0, 0.1) is 10.1 Å². The molecule has 7 heteroatoms. The highest BCUT2D eigenvalue weighted by Crippen LogP contribution is 2.35. The molecule has 0 radical (unpaired) electrons. The Hall–Kier alpha value is -1.04. The van der Waals surface area contributed by atoms with E-state index in [1.165, 1.54) is 12.1 Å². The van der Waals surface area contributed by atoms with Crippen LogP contribution in [-0.2, 0) is 4.74 Å². The average Bonchev–Trinajstić information content (AvgIpc) is 3.02. The van der Waals surface area contributed by atoms with Crippen LogP contribution in [0.3, 0.4) is 0 Å². The van der Waals surface area contributed by atoms with Crippen molar-refractivity contribution in [3.63, 3.8) is 0 Å². The summed E-state index contributed by atoms with van der Waals surface area (Å²) < 4.78 is 10.2. The van der Waals surface area contributed by atoms with E-state index in [2.05, 4.69) is 0 Å². The molecule has 1 heterocycles. The van der Waals surface area contributed by atoms with Gasteiger partial charge in [-0.25, -0.2) is 0 Å². The average molecular weight is 264 g/mol. The first-order valence-electron chi connectivity index (χ1n) is 4.46. The minimum atomic E-state index is -0.564. The Morgan fingerprint density at radius 3 is 2.69 bits per heavy atom. The molecule has 16 heavy (non-hydrogen) atoms. The highest BCUT2D eigenvalue weighted by atomic mass is 35.5. The van der Waals surface area contributed by atoms with Gasteiger partial charge in [0.15, 0.2) is 5.75 Å². The lowest BCUT2D eigenvalue weighted by Gasteiger charge is -2.06. The molecule has 1 aromatic rings. The van der Waals surface area contributed by atoms with Gasteiger partial charge in [-0.2, -0.15) is 0 Å². The topological polar surface area (TPSA) is 64.9 Å². The van der Waals surface area contributed by atoms with Crippen molar-refractivity contribution in [2.75, 3.05) is 13.2 Å². The van der Waals surface area contributed by atoms with Crippen molar-refractivity contribution in [1.29, 1.82) is 0 Å². The smallest absolute Gasteiger partial charge is 0.312 e. The lowest BCUT2D eigenvalue weighted by atomic mass is 10.3. The summed E-state index contributed by atoms with van der Waals surface area (Å²) in [5, 5.41) is 11.1. The summed E-state index contributed by atoms with van der Waals surface area (Å²) in [6.07, 6.45) is 0.0223. The van der Waals surface area contributed by atoms with Crippen molar-refractivity contribution in [3.8, 4) is 5.75 Å². The molecular formula is C9H7Cl2NO4. The summed E-state index contributed by atoms with van der Waals surface area (Å²) in [6.45, 7) is 0.897. The van der Waals surface area contributed by atoms with Crippen LogP contribution in [0.2, 0.25) is 10.0 Å². The van der Waals surface area contributed by atoms with E-state index in [4.69, 9.17) is 32.7 Å². The standard InChI is InChI=1S/C9H7Cl2NO4/c10-6-1-8(12(13)14)9(2-7(6)11)16-4-5-3-15-5/h1-2,5H,3-4H2. The van der Waals surface area contributed by atoms with Gasteiger partial charge in [-0.1, -0.05) is 23.2 Å². The number of nitro benzene ring substituents is 1. The fourth-order valence-electron chi connectivity index (χ4n) is 1.12. The minimum Gasteiger partial charge on any atom is -0.484 e. The molecule has 0 bridgehead atoms. The second kappa shape index (κ2) is 4.45. The fourth-order valence-corrected chi connectivity index (χ4v) is 1.43. The molecule has 0 aliphatic carbocycles. The van der Waals surface area contributed by atoms with Crippen molar-refractivity contribution in [1.82, 2.24) is 0 Å². The summed E-state index contributed by atoms with van der Waals surface area (Å²) in [5.74, 6) is 0.106. The zero-order valence-electron chi connectivity index (χ0n) is 7.98. The van der Waals surface area contributed by atoms with E-state index in [9.17, 15) is 10.1 Å². The van der Waals surface area contributed by atoms with Crippen LogP contribution < -0.4 is 4.74 Å². The van der Waals surface area contributed by atoms with Crippen molar-refractivity contribution in [2.45, 2.75) is 6.10 Å². The van der Waals surface area contributed by atoms with Crippen molar-refractivity contribution < 1.29 is 14.4 Å². The summed E-state index contributed by atoms with van der Waals surface area (Å²) >= 11 is 11.4. The SMILES string of the molecule is O=[N+]([O-])c1cc(Cl)c(Cl)cc1OCC1CO1. The molecular weight excluding hydrogens is 257 g/mol. The van der Waals surface area contributed by atoms with E-state index < -0.39 is 4.92 Å². The van der Waals surface area contributed by atoms with Crippen molar-refractivity contribution in [3.05, 3.63) is 32.3 Å². The number of halogens is 2. The molecule has 1 aromatic carbocycles. The van der Waals surface area contributed by atoms with Gasteiger partial charge >= 0.3 is 5.69 Å². The molecule has 0 amide bonds. The summed E-state index contributed by atoms with van der Waals surface area (Å²) in [6, 6.07) is 2.51. The second-order valence-electron chi connectivity index (χ2n) is 3.26. The highest BCUT2D eigenvalue weighted by Gasteiger charge is 2.25. The summed E-state index contributed by atoms with van der Waals surface area (Å²) in [5.41, 5.74) is -0.199. The maximum absolute atomic E-state index is 10.7. The Bertz CT molecular complexity index is 434. The molecule has 1 unspecified atom stereocenters. The van der Waals surface area contributed by atoms with Crippen LogP contribution in [0.15, 0.2) is 12.1 Å². The maximum Gasteiger partial charge on any atom is 0.312 e. The van der Waals surface area contributed by atoms with Gasteiger partial charge in [-0.15, -0.1) is 0 Å². The van der Waals surface area contributed by atoms with Crippen molar-refractivity contribution in [2.24, 2.45) is 0 Å². The van der Waals surface area contributed by atoms with Gasteiger partial charge in [0.1, 0.15) is 12.7 Å². The molecule has 1 aliphatic heterocycles. The second-order valence-corrected chi connectivity index (χ2v) is 4.07. The first-order valence-corrected chi connectivity index (χ1v) is 5.21. The van der Waals surface area contributed by atoms with E-state index >= 15 is 0 Å². The zero-order chi connectivity index (χ0) is 11.7. The van der Waals surface area contributed by atoms with Gasteiger partial charge < -0.3 is 9.47 Å². The number of nitro groups is 1. The molecule has 0 aromatic heterocycles. The number of rotatable bonds is 4. The maximum atomic E-state index is 10.7. The molecule has 2 rings (SSSR count). The van der Waals surface area contributed by atoms with Gasteiger partial charge in [-0.05, 0) is 0 Å². The van der Waals surface area contributed by atoms with Crippen LogP contribution in [0.5, 0.6) is 5.75 Å². The third kappa shape index (κ3) is 2.55. The van der Waals surface area contributed by atoms with Gasteiger partial charge in [0.2, 0.25) is 0 Å². The molecule has 86 valence electrons. The first-order chi connectivity index (χ1) is 7.58. The first kappa shape index (κ1) is 11.4. The zero-order valence-corrected chi connectivity index (χ0v) is 9.49. The Morgan fingerprint density at radius 1 is 1.50 bits per heavy atom. The lowest BCUT2D eigenvalue weighted by molar-refractivity contribution is -0.385. The normalized spacial score (nSPS) is 18.2. The predicted molar refractivity (Wildman–Crippen MR) is 58.4 cm³/mol. The number of hydrogen-bond acceptors (Lipinski definition) is 4. The third-order valence-electron chi connectivity index (χ3n) is 2.03. The molecule has 1 fully saturated rings. The minimum absolute atomic E-state index is 0.0223. The van der Waals surface area contributed by atoms with Crippen LogP contribution in [0.1, 0.15) is 0 Å². The predicted octanol–water partition coefficient (Wildman–Crippen LogP) is 2.68. The third-order valence-corrected chi connectivity index (χ3v) is 2.75. The molecule has 0 saturated carbocycles. The number of epoxide rings is 1. The van der Waals surface area contributed by atoms with Crippen LogP contribution in [0.4, 0.5) is 5.69 Å². The molecule has 0 spiro atoms. The highest BCUT2D eigenvalue weighted by molar-refractivity contribution is 6.42. The molecule has 1 saturated heterocycles. The largest absolute Gasteiger partial charge is 0.484 e. The van der Waals surface area contributed by atoms with Crippen LogP contribution >= 0.6 is 23.2 Å². The molecule has 0 N–H and O–H groups in total. The monoisotopic (exact) mass is 263 g/mol.